The van der Waals surface area contributed by atoms with Crippen LogP contribution in [-0.4, -0.2) is 42.9 Å². The van der Waals surface area contributed by atoms with Crippen molar-refractivity contribution in [1.29, 1.82) is 0 Å². The number of anilines is 1. The second-order valence-corrected chi connectivity index (χ2v) is 7.76. The van der Waals surface area contributed by atoms with Crippen molar-refractivity contribution in [3.05, 3.63) is 50.4 Å². The maximum atomic E-state index is 12.3. The number of hydrogen-bond acceptors (Lipinski definition) is 7. The molecule has 3 heterocycles. The minimum absolute atomic E-state index is 0.110. The van der Waals surface area contributed by atoms with Crippen molar-refractivity contribution in [2.24, 2.45) is 0 Å². The molecule has 0 bridgehead atoms. The molecule has 0 spiro atoms. The maximum absolute atomic E-state index is 12.3. The summed E-state index contributed by atoms with van der Waals surface area (Å²) in [6, 6.07) is 2.68. The van der Waals surface area contributed by atoms with Gasteiger partial charge in [0.25, 0.3) is 0 Å². The number of aryl methyl sites for hydroxylation is 1. The van der Waals surface area contributed by atoms with Crippen LogP contribution in [0.2, 0.25) is 0 Å². The van der Waals surface area contributed by atoms with Crippen molar-refractivity contribution >= 4 is 51.1 Å². The maximum Gasteiger partial charge on any atom is 0.334 e. The molecular formula is C14H15IN7O3P. The summed E-state index contributed by atoms with van der Waals surface area (Å²) in [6.45, 7) is 1.92. The third kappa shape index (κ3) is 3.28. The van der Waals surface area contributed by atoms with Gasteiger partial charge >= 0.3 is 11.2 Å². The van der Waals surface area contributed by atoms with Crippen LogP contribution in [0.1, 0.15) is 11.6 Å². The van der Waals surface area contributed by atoms with Crippen LogP contribution >= 0.6 is 28.4 Å². The van der Waals surface area contributed by atoms with Crippen LogP contribution in [0.25, 0.3) is 11.2 Å². The fourth-order valence-corrected chi connectivity index (χ4v) is 4.52. The van der Waals surface area contributed by atoms with E-state index in [1.165, 1.54) is 22.9 Å². The molecule has 10 nitrogen and oxygen atoms in total. The largest absolute Gasteiger partial charge is 0.361 e. The molecule has 0 aliphatic rings. The third-order valence-electron chi connectivity index (χ3n) is 3.69. The standard InChI is InChI=1S/C14H15IN7O3P/c1-8-16-12(19(2)3)11-13(17-8)21(26-15)10(18-11)7-20-6-4-5-9(14(20)23)22(24)25/h4-6,26H,7H2,1-3H3. The van der Waals surface area contributed by atoms with Crippen molar-refractivity contribution in [2.75, 3.05) is 19.0 Å². The lowest BCUT2D eigenvalue weighted by Gasteiger charge is -2.12. The number of nitrogens with zero attached hydrogens (tertiary/aromatic N) is 7. The van der Waals surface area contributed by atoms with Gasteiger partial charge in [-0.05, 0) is 35.0 Å². The van der Waals surface area contributed by atoms with Crippen LogP contribution in [0.15, 0.2) is 23.1 Å². The molecule has 0 aliphatic carbocycles. The summed E-state index contributed by atoms with van der Waals surface area (Å²) in [6.07, 6.45) is 1.81. The SMILES string of the molecule is Cc1nc(N(C)C)c2nc(Cn3cccc([N+](=O)[O-])c3=O)n(PI)c2n1. The molecule has 3 aromatic rings. The first kappa shape index (κ1) is 18.6. The minimum atomic E-state index is -0.680. The molecule has 0 N–H and O–H groups in total. The highest BCUT2D eigenvalue weighted by Crippen LogP contribution is 2.33. The molecule has 1 atom stereocenters. The smallest absolute Gasteiger partial charge is 0.334 e. The normalized spacial score (nSPS) is 11.5. The van der Waals surface area contributed by atoms with E-state index in [0.29, 0.717) is 35.0 Å². The lowest BCUT2D eigenvalue weighted by Crippen LogP contribution is -2.23. The van der Waals surface area contributed by atoms with Gasteiger partial charge in [0.2, 0.25) is 0 Å². The Morgan fingerprint density at radius 2 is 2.08 bits per heavy atom. The van der Waals surface area contributed by atoms with Crippen molar-refractivity contribution < 1.29 is 4.92 Å². The third-order valence-corrected chi connectivity index (χ3v) is 5.77. The molecule has 0 aromatic carbocycles. The van der Waals surface area contributed by atoms with Crippen molar-refractivity contribution in [3.63, 3.8) is 0 Å². The zero-order valence-corrected chi connectivity index (χ0v) is 17.3. The predicted octanol–water partition coefficient (Wildman–Crippen LogP) is 2.11. The Morgan fingerprint density at radius 3 is 2.69 bits per heavy atom. The molecule has 0 aliphatic heterocycles. The number of halogens is 1. The van der Waals surface area contributed by atoms with Crippen molar-refractivity contribution in [3.8, 4) is 0 Å². The van der Waals surface area contributed by atoms with E-state index in [1.54, 1.807) is 0 Å². The Balaban J connectivity index is 2.18. The first-order valence-corrected chi connectivity index (χ1v) is 11.5. The average molecular weight is 487 g/mol. The number of imidazole rings is 1. The second-order valence-electron chi connectivity index (χ2n) is 5.69. The van der Waals surface area contributed by atoms with Gasteiger partial charge in [-0.3, -0.25) is 19.2 Å². The van der Waals surface area contributed by atoms with E-state index in [1.807, 2.05) is 30.3 Å². The Kier molecular flexibility index (Phi) is 5.19. The fraction of sp³-hybridized carbons (Fsp3) is 0.286. The lowest BCUT2D eigenvalue weighted by atomic mass is 10.4. The van der Waals surface area contributed by atoms with Crippen LogP contribution < -0.4 is 10.5 Å². The molecule has 0 amide bonds. The number of aromatic nitrogens is 5. The van der Waals surface area contributed by atoms with E-state index < -0.39 is 16.2 Å². The Labute approximate surface area is 162 Å². The Morgan fingerprint density at radius 1 is 1.35 bits per heavy atom. The van der Waals surface area contributed by atoms with Crippen LogP contribution in [-0.2, 0) is 6.54 Å². The molecule has 3 aromatic heterocycles. The molecular weight excluding hydrogens is 472 g/mol. The van der Waals surface area contributed by atoms with Crippen molar-refractivity contribution in [2.45, 2.75) is 13.5 Å². The van der Waals surface area contributed by atoms with Gasteiger partial charge in [-0.15, -0.1) is 0 Å². The zero-order valence-electron chi connectivity index (χ0n) is 14.2. The van der Waals surface area contributed by atoms with E-state index >= 15 is 0 Å². The van der Waals surface area contributed by atoms with E-state index in [0.717, 1.165) is 0 Å². The van der Waals surface area contributed by atoms with E-state index in [9.17, 15) is 14.9 Å². The Bertz CT molecular complexity index is 1060. The summed E-state index contributed by atoms with van der Waals surface area (Å²) >= 11 is 2.21. The monoisotopic (exact) mass is 487 g/mol. The molecule has 0 saturated heterocycles. The summed E-state index contributed by atoms with van der Waals surface area (Å²) in [7, 11) is 3.74. The molecule has 26 heavy (non-hydrogen) atoms. The fourth-order valence-electron chi connectivity index (χ4n) is 2.54. The van der Waals surface area contributed by atoms with Gasteiger partial charge in [0.15, 0.2) is 17.0 Å². The second kappa shape index (κ2) is 7.23. The first-order chi connectivity index (χ1) is 12.3. The summed E-state index contributed by atoms with van der Waals surface area (Å²) in [5.41, 5.74) is 0.195. The van der Waals surface area contributed by atoms with Gasteiger partial charge < -0.3 is 9.47 Å². The van der Waals surface area contributed by atoms with Gasteiger partial charge in [0, 0.05) is 26.4 Å². The van der Waals surface area contributed by atoms with E-state index in [4.69, 9.17) is 0 Å². The number of hydrogen-bond donors (Lipinski definition) is 0. The minimum Gasteiger partial charge on any atom is -0.361 e. The summed E-state index contributed by atoms with van der Waals surface area (Å²) in [5.74, 6) is 1.91. The van der Waals surface area contributed by atoms with Gasteiger partial charge in [-0.1, -0.05) is 0 Å². The summed E-state index contributed by atoms with van der Waals surface area (Å²) < 4.78 is 3.19. The predicted molar refractivity (Wildman–Crippen MR) is 109 cm³/mol. The summed E-state index contributed by atoms with van der Waals surface area (Å²) in [4.78, 5) is 38.0. The van der Waals surface area contributed by atoms with Crippen LogP contribution in [0.5, 0.6) is 0 Å². The van der Waals surface area contributed by atoms with Crippen LogP contribution in [0, 0.1) is 17.0 Å². The molecule has 3 rings (SSSR count). The topological polar surface area (TPSA) is 112 Å². The van der Waals surface area contributed by atoms with Crippen molar-refractivity contribution in [1.82, 2.24) is 23.9 Å². The lowest BCUT2D eigenvalue weighted by molar-refractivity contribution is -0.386. The Hall–Kier alpha value is -2.14. The molecule has 12 heteroatoms. The van der Waals surface area contributed by atoms with E-state index in [-0.39, 0.29) is 6.54 Å². The molecule has 0 radical (unpaired) electrons. The number of pyridine rings is 1. The number of nitro groups is 1. The quantitative estimate of drug-likeness (QED) is 0.235. The summed E-state index contributed by atoms with van der Waals surface area (Å²) in [5, 5.41) is 11.0. The van der Waals surface area contributed by atoms with Gasteiger partial charge in [0.05, 0.1) is 17.8 Å². The highest BCUT2D eigenvalue weighted by atomic mass is 127. The zero-order chi connectivity index (χ0) is 19.0. The molecule has 0 saturated carbocycles. The highest BCUT2D eigenvalue weighted by molar-refractivity contribution is 14.2. The van der Waals surface area contributed by atoms with Gasteiger partial charge in [0.1, 0.15) is 11.6 Å². The van der Waals surface area contributed by atoms with Gasteiger partial charge in [-0.2, -0.15) is 0 Å². The van der Waals surface area contributed by atoms with Crippen LogP contribution in [0.4, 0.5) is 11.5 Å². The molecule has 0 fully saturated rings. The molecule has 1 unspecified atom stereocenters. The van der Waals surface area contributed by atoms with Crippen LogP contribution in [0.3, 0.4) is 0 Å². The van der Waals surface area contributed by atoms with Gasteiger partial charge in [-0.25, -0.2) is 15.0 Å². The average Bonchev–Trinajstić information content (AvgIpc) is 2.92. The first-order valence-electron chi connectivity index (χ1n) is 7.47. The number of rotatable bonds is 5. The molecule has 136 valence electrons. The number of fused-ring (bicyclic) bond motifs is 1. The van der Waals surface area contributed by atoms with E-state index in [2.05, 4.69) is 37.0 Å². The highest BCUT2D eigenvalue weighted by Gasteiger charge is 2.20.